The number of carbonyl (C=O) groups is 1. The first kappa shape index (κ1) is 16.2. The monoisotopic (exact) mass is 301 g/mol. The van der Waals surface area contributed by atoms with Crippen LogP contribution in [0.4, 0.5) is 0 Å². The quantitative estimate of drug-likeness (QED) is 0.891. The third-order valence-electron chi connectivity index (χ3n) is 3.72. The Kier molecular flexibility index (Phi) is 5.33. The number of amides is 1. The molecule has 118 valence electrons. The van der Waals surface area contributed by atoms with E-state index in [0.717, 1.165) is 0 Å². The van der Waals surface area contributed by atoms with E-state index in [1.54, 1.807) is 0 Å². The molecule has 0 fully saturated rings. The fourth-order valence-electron chi connectivity index (χ4n) is 2.37. The number of aryl methyl sites for hydroxylation is 2. The second-order valence-corrected chi connectivity index (χ2v) is 5.58. The lowest BCUT2D eigenvalue weighted by atomic mass is 10.0. The van der Waals surface area contributed by atoms with Gasteiger partial charge in [-0.25, -0.2) is 4.98 Å². The highest BCUT2D eigenvalue weighted by Gasteiger charge is 2.19. The van der Waals surface area contributed by atoms with Crippen molar-refractivity contribution >= 4 is 5.91 Å². The van der Waals surface area contributed by atoms with Crippen LogP contribution in [0.15, 0.2) is 35.1 Å². The molecule has 1 atom stereocenters. The number of hydrogen-bond acceptors (Lipinski definition) is 4. The van der Waals surface area contributed by atoms with Crippen molar-refractivity contribution < 1.29 is 9.21 Å². The summed E-state index contributed by atoms with van der Waals surface area (Å²) in [6, 6.07) is 8.47. The van der Waals surface area contributed by atoms with Crippen LogP contribution in [0.2, 0.25) is 0 Å². The van der Waals surface area contributed by atoms with Crippen molar-refractivity contribution in [3.63, 3.8) is 0 Å². The predicted molar refractivity (Wildman–Crippen MR) is 85.8 cm³/mol. The molecule has 0 unspecified atom stereocenters. The SMILES string of the molecule is CCc1ocnc1C(=O)NC[C@@H](c1ccc(C)cc1)N(C)C. The lowest BCUT2D eigenvalue weighted by Gasteiger charge is -2.25. The summed E-state index contributed by atoms with van der Waals surface area (Å²) in [5, 5.41) is 2.95. The molecule has 0 bridgehead atoms. The maximum Gasteiger partial charge on any atom is 0.273 e. The van der Waals surface area contributed by atoms with E-state index >= 15 is 0 Å². The Hall–Kier alpha value is -2.14. The molecule has 0 radical (unpaired) electrons. The number of aromatic nitrogens is 1. The number of nitrogens with one attached hydrogen (secondary N) is 1. The number of benzene rings is 1. The minimum Gasteiger partial charge on any atom is -0.448 e. The zero-order valence-corrected chi connectivity index (χ0v) is 13.6. The van der Waals surface area contributed by atoms with E-state index in [1.165, 1.54) is 17.5 Å². The van der Waals surface area contributed by atoms with Crippen LogP contribution in [0, 0.1) is 6.92 Å². The zero-order chi connectivity index (χ0) is 16.1. The molecule has 1 aromatic heterocycles. The Morgan fingerprint density at radius 1 is 1.32 bits per heavy atom. The van der Waals surface area contributed by atoms with Gasteiger partial charge in [-0.3, -0.25) is 4.79 Å². The first-order chi connectivity index (χ1) is 10.5. The van der Waals surface area contributed by atoms with Crippen molar-refractivity contribution in [3.05, 3.63) is 53.2 Å². The van der Waals surface area contributed by atoms with Crippen LogP contribution in [-0.4, -0.2) is 36.4 Å². The van der Waals surface area contributed by atoms with E-state index in [0.29, 0.717) is 24.4 Å². The van der Waals surface area contributed by atoms with Crippen molar-refractivity contribution in [2.24, 2.45) is 0 Å². The molecule has 1 N–H and O–H groups in total. The molecule has 1 amide bonds. The number of rotatable bonds is 6. The van der Waals surface area contributed by atoms with E-state index in [9.17, 15) is 4.79 Å². The van der Waals surface area contributed by atoms with Gasteiger partial charge in [0.15, 0.2) is 12.1 Å². The highest BCUT2D eigenvalue weighted by molar-refractivity contribution is 5.93. The first-order valence-electron chi connectivity index (χ1n) is 7.46. The molecule has 1 heterocycles. The van der Waals surface area contributed by atoms with Gasteiger partial charge in [-0.2, -0.15) is 0 Å². The Balaban J connectivity index is 2.06. The largest absolute Gasteiger partial charge is 0.448 e. The molecule has 0 saturated carbocycles. The van der Waals surface area contributed by atoms with Crippen molar-refractivity contribution in [1.29, 1.82) is 0 Å². The summed E-state index contributed by atoms with van der Waals surface area (Å²) >= 11 is 0. The number of nitrogens with zero attached hydrogens (tertiary/aromatic N) is 2. The molecule has 2 rings (SSSR count). The molecule has 0 aliphatic heterocycles. The molecule has 0 aliphatic rings. The summed E-state index contributed by atoms with van der Waals surface area (Å²) in [6.45, 7) is 4.52. The molecule has 0 aliphatic carbocycles. The van der Waals surface area contributed by atoms with Gasteiger partial charge < -0.3 is 14.6 Å². The van der Waals surface area contributed by atoms with E-state index in [1.807, 2.05) is 21.0 Å². The number of hydrogen-bond donors (Lipinski definition) is 1. The van der Waals surface area contributed by atoms with E-state index in [4.69, 9.17) is 4.42 Å². The number of carbonyl (C=O) groups excluding carboxylic acids is 1. The lowest BCUT2D eigenvalue weighted by Crippen LogP contribution is -2.35. The zero-order valence-electron chi connectivity index (χ0n) is 13.6. The maximum absolute atomic E-state index is 12.2. The minimum atomic E-state index is -0.190. The molecule has 2 aromatic rings. The molecule has 5 heteroatoms. The third-order valence-corrected chi connectivity index (χ3v) is 3.72. The molecule has 5 nitrogen and oxygen atoms in total. The summed E-state index contributed by atoms with van der Waals surface area (Å²) in [7, 11) is 4.01. The smallest absolute Gasteiger partial charge is 0.273 e. The maximum atomic E-state index is 12.2. The number of oxazole rings is 1. The van der Waals surface area contributed by atoms with E-state index in [2.05, 4.69) is 46.4 Å². The van der Waals surface area contributed by atoms with Gasteiger partial charge in [-0.1, -0.05) is 36.8 Å². The third kappa shape index (κ3) is 3.74. The fraction of sp³-hybridized carbons (Fsp3) is 0.412. The van der Waals surface area contributed by atoms with Gasteiger partial charge in [-0.05, 0) is 26.6 Å². The second kappa shape index (κ2) is 7.22. The van der Waals surface area contributed by atoms with Gasteiger partial charge in [0.25, 0.3) is 5.91 Å². The van der Waals surface area contributed by atoms with Crippen molar-refractivity contribution in [1.82, 2.24) is 15.2 Å². The van der Waals surface area contributed by atoms with Crippen LogP contribution in [-0.2, 0) is 6.42 Å². The van der Waals surface area contributed by atoms with Crippen LogP contribution in [0.1, 0.15) is 40.3 Å². The Morgan fingerprint density at radius 2 is 2.00 bits per heavy atom. The molecule has 0 saturated heterocycles. The van der Waals surface area contributed by atoms with Crippen molar-refractivity contribution in [2.45, 2.75) is 26.3 Å². The molecular formula is C17H23N3O2. The van der Waals surface area contributed by atoms with Crippen LogP contribution in [0.5, 0.6) is 0 Å². The minimum absolute atomic E-state index is 0.113. The van der Waals surface area contributed by atoms with E-state index < -0.39 is 0 Å². The second-order valence-electron chi connectivity index (χ2n) is 5.58. The van der Waals surface area contributed by atoms with Crippen LogP contribution < -0.4 is 5.32 Å². The number of likely N-dealkylation sites (N-methyl/N-ethyl adjacent to an activating group) is 1. The molecule has 0 spiro atoms. The summed E-state index contributed by atoms with van der Waals surface area (Å²) in [6.07, 6.45) is 1.97. The van der Waals surface area contributed by atoms with Gasteiger partial charge in [-0.15, -0.1) is 0 Å². The topological polar surface area (TPSA) is 58.4 Å². The van der Waals surface area contributed by atoms with Gasteiger partial charge in [0.2, 0.25) is 0 Å². The first-order valence-corrected chi connectivity index (χ1v) is 7.46. The Morgan fingerprint density at radius 3 is 2.59 bits per heavy atom. The average Bonchev–Trinajstić information content (AvgIpc) is 2.97. The van der Waals surface area contributed by atoms with Crippen LogP contribution in [0.25, 0.3) is 0 Å². The standard InChI is InChI=1S/C17H23N3O2/c1-5-15-16(19-11-22-15)17(21)18-10-14(20(3)4)13-8-6-12(2)7-9-13/h6-9,11,14H,5,10H2,1-4H3,(H,18,21)/t14-/m0/s1. The highest BCUT2D eigenvalue weighted by Crippen LogP contribution is 2.18. The Bertz CT molecular complexity index is 617. The lowest BCUT2D eigenvalue weighted by molar-refractivity contribution is 0.0935. The average molecular weight is 301 g/mol. The van der Waals surface area contributed by atoms with Crippen LogP contribution in [0.3, 0.4) is 0 Å². The van der Waals surface area contributed by atoms with Gasteiger partial charge in [0, 0.05) is 13.0 Å². The molecule has 1 aromatic carbocycles. The van der Waals surface area contributed by atoms with Crippen molar-refractivity contribution in [2.75, 3.05) is 20.6 Å². The molecule has 22 heavy (non-hydrogen) atoms. The van der Waals surface area contributed by atoms with Gasteiger partial charge in [0.1, 0.15) is 5.76 Å². The highest BCUT2D eigenvalue weighted by atomic mass is 16.3. The molecular weight excluding hydrogens is 278 g/mol. The van der Waals surface area contributed by atoms with Crippen molar-refractivity contribution in [3.8, 4) is 0 Å². The fourth-order valence-corrected chi connectivity index (χ4v) is 2.37. The van der Waals surface area contributed by atoms with E-state index in [-0.39, 0.29) is 11.9 Å². The summed E-state index contributed by atoms with van der Waals surface area (Å²) in [4.78, 5) is 18.3. The normalized spacial score (nSPS) is 12.4. The van der Waals surface area contributed by atoms with Gasteiger partial charge in [0.05, 0.1) is 6.04 Å². The van der Waals surface area contributed by atoms with Gasteiger partial charge >= 0.3 is 0 Å². The summed E-state index contributed by atoms with van der Waals surface area (Å²) < 4.78 is 5.20. The summed E-state index contributed by atoms with van der Waals surface area (Å²) in [5.41, 5.74) is 2.77. The predicted octanol–water partition coefficient (Wildman–Crippen LogP) is 2.58. The van der Waals surface area contributed by atoms with Crippen LogP contribution >= 0.6 is 0 Å². The summed E-state index contributed by atoms with van der Waals surface area (Å²) in [5.74, 6) is 0.429. The Labute approximate surface area is 131 Å².